The normalized spacial score (nSPS) is 12.7. The van der Waals surface area contributed by atoms with Crippen LogP contribution in [0.2, 0.25) is 0 Å². The average Bonchev–Trinajstić information content (AvgIpc) is 4.10. The standard InChI is InChI=1S/C54H29N5S/c1-3-15-32-30(13-1)26-28-43-46(32)34-17-5-10-22-40(34)58(43)53-52-50(37-20-8-12-24-45(37)60-52)55-54(56-53)59-41-23-11-6-18-35(41)48-44(59)29-38-47-33-16-4-2-14-31(33)25-27-42(47)57-39-21-9-7-19-36(39)49(48)51(38)57/h1-29H. The number of hydrogen-bond donors (Lipinski definition) is 0. The van der Waals surface area contributed by atoms with Crippen molar-refractivity contribution < 1.29 is 0 Å². The van der Waals surface area contributed by atoms with Gasteiger partial charge in [0.1, 0.15) is 0 Å². The van der Waals surface area contributed by atoms with Gasteiger partial charge in [0, 0.05) is 53.2 Å². The molecule has 276 valence electrons. The maximum absolute atomic E-state index is 5.77. The molecule has 15 rings (SSSR count). The molecule has 0 unspecified atom stereocenters. The van der Waals surface area contributed by atoms with Gasteiger partial charge in [0.25, 0.3) is 0 Å². The van der Waals surface area contributed by atoms with Crippen molar-refractivity contribution >= 4 is 135 Å². The number of thiophene rings is 1. The van der Waals surface area contributed by atoms with Crippen LogP contribution in [0.5, 0.6) is 0 Å². The molecule has 0 spiro atoms. The van der Waals surface area contributed by atoms with E-state index in [-0.39, 0.29) is 0 Å². The van der Waals surface area contributed by atoms with Crippen LogP contribution in [0, 0.1) is 0 Å². The van der Waals surface area contributed by atoms with Crippen LogP contribution >= 0.6 is 11.3 Å². The third kappa shape index (κ3) is 3.74. The summed E-state index contributed by atoms with van der Waals surface area (Å²) in [4.78, 5) is 11.4. The number of benzene rings is 9. The molecule has 6 heterocycles. The van der Waals surface area contributed by atoms with Crippen molar-refractivity contribution in [3.63, 3.8) is 0 Å². The van der Waals surface area contributed by atoms with Gasteiger partial charge in [-0.05, 0) is 64.0 Å². The molecule has 0 bridgehead atoms. The number of nitrogens with zero attached hydrogens (tertiary/aromatic N) is 5. The second-order valence-electron chi connectivity index (χ2n) is 16.1. The first-order chi connectivity index (χ1) is 29.8. The Balaban J connectivity index is 1.16. The number of aromatic nitrogens is 5. The summed E-state index contributed by atoms with van der Waals surface area (Å²) in [5.41, 5.74) is 9.10. The van der Waals surface area contributed by atoms with E-state index in [2.05, 4.69) is 189 Å². The van der Waals surface area contributed by atoms with Gasteiger partial charge in [-0.2, -0.15) is 4.98 Å². The zero-order valence-electron chi connectivity index (χ0n) is 31.9. The van der Waals surface area contributed by atoms with Crippen molar-refractivity contribution in [1.29, 1.82) is 0 Å². The van der Waals surface area contributed by atoms with Crippen molar-refractivity contribution in [2.45, 2.75) is 0 Å². The monoisotopic (exact) mass is 779 g/mol. The summed E-state index contributed by atoms with van der Waals surface area (Å²) in [5, 5.41) is 16.0. The van der Waals surface area contributed by atoms with Gasteiger partial charge in [0.05, 0.1) is 48.8 Å². The highest BCUT2D eigenvalue weighted by Gasteiger charge is 2.27. The van der Waals surface area contributed by atoms with E-state index in [4.69, 9.17) is 9.97 Å². The highest BCUT2D eigenvalue weighted by molar-refractivity contribution is 7.26. The molecule has 0 fully saturated rings. The maximum atomic E-state index is 5.77. The fourth-order valence-electron chi connectivity index (χ4n) is 10.8. The Kier molecular flexibility index (Phi) is 5.74. The zero-order valence-corrected chi connectivity index (χ0v) is 32.7. The molecule has 0 amide bonds. The number of hydrogen-bond acceptors (Lipinski definition) is 3. The number of para-hydroxylation sites is 3. The van der Waals surface area contributed by atoms with E-state index in [0.717, 1.165) is 43.5 Å². The Morgan fingerprint density at radius 1 is 0.367 bits per heavy atom. The van der Waals surface area contributed by atoms with Crippen LogP contribution in [0.4, 0.5) is 0 Å². The van der Waals surface area contributed by atoms with Crippen LogP contribution in [0.1, 0.15) is 0 Å². The summed E-state index contributed by atoms with van der Waals surface area (Å²) < 4.78 is 9.49. The van der Waals surface area contributed by atoms with E-state index in [1.165, 1.54) is 85.9 Å². The van der Waals surface area contributed by atoms with Gasteiger partial charge in [0.15, 0.2) is 5.82 Å². The van der Waals surface area contributed by atoms with Crippen molar-refractivity contribution in [1.82, 2.24) is 23.5 Å². The van der Waals surface area contributed by atoms with Crippen LogP contribution in [0.3, 0.4) is 0 Å². The zero-order chi connectivity index (χ0) is 38.8. The summed E-state index contributed by atoms with van der Waals surface area (Å²) in [5.74, 6) is 1.55. The molecule has 0 aliphatic rings. The minimum Gasteiger partial charge on any atom is -0.308 e. The third-order valence-electron chi connectivity index (χ3n) is 13.2. The highest BCUT2D eigenvalue weighted by atomic mass is 32.1. The van der Waals surface area contributed by atoms with Crippen LogP contribution in [0.25, 0.3) is 135 Å². The molecule has 5 nitrogen and oxygen atoms in total. The molecule has 0 N–H and O–H groups in total. The van der Waals surface area contributed by atoms with Gasteiger partial charge in [-0.25, -0.2) is 4.98 Å². The van der Waals surface area contributed by atoms with E-state index < -0.39 is 0 Å². The van der Waals surface area contributed by atoms with Crippen LogP contribution in [-0.4, -0.2) is 23.5 Å². The fraction of sp³-hybridized carbons (Fsp3) is 0. The predicted octanol–water partition coefficient (Wildman–Crippen LogP) is 14.5. The smallest absolute Gasteiger partial charge is 0.237 e. The summed E-state index contributed by atoms with van der Waals surface area (Å²) >= 11 is 1.77. The van der Waals surface area contributed by atoms with Crippen molar-refractivity contribution in [3.05, 3.63) is 176 Å². The van der Waals surface area contributed by atoms with Crippen molar-refractivity contribution in [2.24, 2.45) is 0 Å². The van der Waals surface area contributed by atoms with Gasteiger partial charge in [0.2, 0.25) is 5.95 Å². The fourth-order valence-corrected chi connectivity index (χ4v) is 11.9. The Hall–Kier alpha value is -7.80. The quantitative estimate of drug-likeness (QED) is 0.175. The molecular weight excluding hydrogens is 751 g/mol. The van der Waals surface area contributed by atoms with Crippen LogP contribution < -0.4 is 0 Å². The second-order valence-corrected chi connectivity index (χ2v) is 17.1. The topological polar surface area (TPSA) is 40.0 Å². The van der Waals surface area contributed by atoms with Crippen LogP contribution in [0.15, 0.2) is 176 Å². The lowest BCUT2D eigenvalue weighted by Gasteiger charge is -2.13. The molecule has 6 heteroatoms. The van der Waals surface area contributed by atoms with Crippen molar-refractivity contribution in [3.8, 4) is 11.8 Å². The van der Waals surface area contributed by atoms with Gasteiger partial charge in [-0.3, -0.25) is 9.13 Å². The maximum Gasteiger partial charge on any atom is 0.237 e. The molecular formula is C54H29N5S. The molecule has 15 aromatic rings. The minimum absolute atomic E-state index is 0.658. The van der Waals surface area contributed by atoms with Gasteiger partial charge in [-0.1, -0.05) is 133 Å². The van der Waals surface area contributed by atoms with E-state index in [9.17, 15) is 0 Å². The highest BCUT2D eigenvalue weighted by Crippen LogP contribution is 2.48. The first-order valence-electron chi connectivity index (χ1n) is 20.4. The lowest BCUT2D eigenvalue weighted by atomic mass is 9.99. The molecule has 0 radical (unpaired) electrons. The van der Waals surface area contributed by atoms with Gasteiger partial charge >= 0.3 is 0 Å². The summed E-state index contributed by atoms with van der Waals surface area (Å²) in [7, 11) is 0. The first kappa shape index (κ1) is 31.2. The molecule has 60 heavy (non-hydrogen) atoms. The van der Waals surface area contributed by atoms with E-state index >= 15 is 0 Å². The molecule has 0 aliphatic carbocycles. The first-order valence-corrected chi connectivity index (χ1v) is 21.2. The Bertz CT molecular complexity index is 4370. The number of rotatable bonds is 2. The summed E-state index contributed by atoms with van der Waals surface area (Å²) in [6.45, 7) is 0. The lowest BCUT2D eigenvalue weighted by molar-refractivity contribution is 0.977. The predicted molar refractivity (Wildman–Crippen MR) is 253 cm³/mol. The molecule has 0 aliphatic heterocycles. The third-order valence-corrected chi connectivity index (χ3v) is 14.3. The molecule has 9 aromatic carbocycles. The van der Waals surface area contributed by atoms with E-state index in [1.54, 1.807) is 11.3 Å². The van der Waals surface area contributed by atoms with Crippen molar-refractivity contribution in [2.75, 3.05) is 0 Å². The van der Waals surface area contributed by atoms with Crippen LogP contribution in [-0.2, 0) is 0 Å². The van der Waals surface area contributed by atoms with E-state index in [0.29, 0.717) is 5.95 Å². The van der Waals surface area contributed by atoms with E-state index in [1.807, 2.05) is 0 Å². The lowest BCUT2D eigenvalue weighted by Crippen LogP contribution is -2.06. The Morgan fingerprint density at radius 2 is 0.917 bits per heavy atom. The Labute approximate surface area is 344 Å². The molecule has 0 saturated heterocycles. The summed E-state index contributed by atoms with van der Waals surface area (Å²) in [6.07, 6.45) is 0. The Morgan fingerprint density at radius 3 is 1.65 bits per heavy atom. The minimum atomic E-state index is 0.658. The number of fused-ring (bicyclic) bond motifs is 20. The summed E-state index contributed by atoms with van der Waals surface area (Å²) in [6, 6.07) is 64.2. The SMILES string of the molecule is c1ccc2c(c1)ccc1c2c2ccccc2n1-c1nc(-n2c3ccccc3c3c4c5ccccc5n5c6ccc7ccccc7c6c(cc32)c45)nc2c1sc1ccccc12. The molecule has 0 saturated carbocycles. The molecule has 6 aromatic heterocycles. The average molecular weight is 780 g/mol. The van der Waals surface area contributed by atoms with Gasteiger partial charge in [-0.15, -0.1) is 11.3 Å². The second kappa shape index (κ2) is 11.0. The van der Waals surface area contributed by atoms with Gasteiger partial charge < -0.3 is 4.40 Å². The molecule has 0 atom stereocenters. The largest absolute Gasteiger partial charge is 0.308 e.